The topological polar surface area (TPSA) is 52.6 Å². The summed E-state index contributed by atoms with van der Waals surface area (Å²) in [6.07, 6.45) is 4.61. The summed E-state index contributed by atoms with van der Waals surface area (Å²) in [5.41, 5.74) is 0. The van der Waals surface area contributed by atoms with Crippen LogP contribution in [-0.2, 0) is 4.79 Å². The Morgan fingerprint density at radius 1 is 1.24 bits per heavy atom. The number of rotatable bonds is 2. The molecule has 4 atom stereocenters. The Labute approximate surface area is 103 Å². The molecule has 0 aromatic carbocycles. The summed E-state index contributed by atoms with van der Waals surface area (Å²) in [4.78, 5) is 13.6. The lowest BCUT2D eigenvalue weighted by Crippen LogP contribution is -2.57. The molecule has 98 valence electrons. The van der Waals surface area contributed by atoms with Gasteiger partial charge in [-0.15, -0.1) is 0 Å². The van der Waals surface area contributed by atoms with Crippen molar-refractivity contribution in [3.63, 3.8) is 0 Å². The van der Waals surface area contributed by atoms with Crippen LogP contribution in [0.2, 0.25) is 0 Å². The fraction of sp³-hybridized carbons (Fsp3) is 0.923. The van der Waals surface area contributed by atoms with Gasteiger partial charge in [0.1, 0.15) is 0 Å². The normalized spacial score (nSPS) is 40.1. The maximum absolute atomic E-state index is 11.1. The molecule has 0 spiro atoms. The maximum atomic E-state index is 11.1. The van der Waals surface area contributed by atoms with Crippen molar-refractivity contribution in [2.45, 2.75) is 57.7 Å². The zero-order valence-electron chi connectivity index (χ0n) is 10.9. The van der Waals surface area contributed by atoms with Gasteiger partial charge in [-0.25, -0.2) is 0 Å². The van der Waals surface area contributed by atoms with Gasteiger partial charge in [-0.05, 0) is 33.1 Å². The van der Waals surface area contributed by atoms with Crippen LogP contribution in [0, 0.1) is 5.92 Å². The van der Waals surface area contributed by atoms with Gasteiger partial charge >= 0.3 is 5.97 Å². The number of carbonyl (C=O) groups is 1. The van der Waals surface area contributed by atoms with Crippen molar-refractivity contribution in [1.29, 1.82) is 0 Å². The van der Waals surface area contributed by atoms with E-state index in [0.29, 0.717) is 24.7 Å². The molecule has 0 bridgehead atoms. The molecule has 2 N–H and O–H groups in total. The first-order valence-corrected chi connectivity index (χ1v) is 6.80. The van der Waals surface area contributed by atoms with Crippen LogP contribution in [0.4, 0.5) is 0 Å². The van der Waals surface area contributed by atoms with Crippen LogP contribution in [0.3, 0.4) is 0 Å². The zero-order chi connectivity index (χ0) is 12.4. The highest BCUT2D eigenvalue weighted by atomic mass is 16.4. The predicted octanol–water partition coefficient (Wildman–Crippen LogP) is 1.31. The highest BCUT2D eigenvalue weighted by molar-refractivity contribution is 5.70. The molecule has 2 aliphatic heterocycles. The molecule has 17 heavy (non-hydrogen) atoms. The molecular formula is C13H24N2O2. The highest BCUT2D eigenvalue weighted by Gasteiger charge is 2.35. The van der Waals surface area contributed by atoms with Crippen LogP contribution in [0.25, 0.3) is 0 Å². The van der Waals surface area contributed by atoms with E-state index in [0.717, 1.165) is 13.0 Å². The average molecular weight is 240 g/mol. The number of hydrogen-bond acceptors (Lipinski definition) is 3. The molecule has 4 nitrogen and oxygen atoms in total. The SMILES string of the molecule is C[C@@H]1CCC[C@H](C)N1[C@@H]1CNC[C@@H](C(=O)O)C1. The van der Waals surface area contributed by atoms with E-state index in [4.69, 9.17) is 5.11 Å². The first-order chi connectivity index (χ1) is 8.09. The number of carboxylic acids is 1. The molecule has 0 radical (unpaired) electrons. The van der Waals surface area contributed by atoms with Crippen molar-refractivity contribution in [2.24, 2.45) is 5.92 Å². The molecule has 2 fully saturated rings. The van der Waals surface area contributed by atoms with E-state index in [2.05, 4.69) is 24.1 Å². The largest absolute Gasteiger partial charge is 0.481 e. The first-order valence-electron chi connectivity index (χ1n) is 6.80. The summed E-state index contributed by atoms with van der Waals surface area (Å²) in [5.74, 6) is -0.866. The molecule has 0 unspecified atom stereocenters. The Morgan fingerprint density at radius 2 is 1.88 bits per heavy atom. The summed E-state index contributed by atoms with van der Waals surface area (Å²) in [6, 6.07) is 1.59. The third kappa shape index (κ3) is 2.80. The Bertz CT molecular complexity index is 273. The van der Waals surface area contributed by atoms with Crippen molar-refractivity contribution in [3.8, 4) is 0 Å². The molecule has 0 aromatic rings. The van der Waals surface area contributed by atoms with Crippen molar-refractivity contribution >= 4 is 5.97 Å². The van der Waals surface area contributed by atoms with Crippen LogP contribution >= 0.6 is 0 Å². The lowest BCUT2D eigenvalue weighted by atomic mass is 9.89. The summed E-state index contributed by atoms with van der Waals surface area (Å²) >= 11 is 0. The van der Waals surface area contributed by atoms with E-state index in [1.165, 1.54) is 19.3 Å². The predicted molar refractivity (Wildman–Crippen MR) is 67.0 cm³/mol. The maximum Gasteiger partial charge on any atom is 0.307 e. The van der Waals surface area contributed by atoms with Gasteiger partial charge in [0.2, 0.25) is 0 Å². The van der Waals surface area contributed by atoms with Crippen LogP contribution in [0.1, 0.15) is 39.5 Å². The number of piperidine rings is 2. The third-order valence-corrected chi connectivity index (χ3v) is 4.36. The van der Waals surface area contributed by atoms with Gasteiger partial charge in [-0.2, -0.15) is 0 Å². The van der Waals surface area contributed by atoms with Gasteiger partial charge in [-0.3, -0.25) is 9.69 Å². The number of carboxylic acid groups (broad SMARTS) is 1. The van der Waals surface area contributed by atoms with Crippen LogP contribution < -0.4 is 5.32 Å². The van der Waals surface area contributed by atoms with Gasteiger partial charge in [0.15, 0.2) is 0 Å². The van der Waals surface area contributed by atoms with Crippen LogP contribution in [-0.4, -0.2) is 47.2 Å². The van der Waals surface area contributed by atoms with E-state index in [1.807, 2.05) is 0 Å². The second-order valence-corrected chi connectivity index (χ2v) is 5.66. The molecule has 2 heterocycles. The fourth-order valence-corrected chi connectivity index (χ4v) is 3.50. The van der Waals surface area contributed by atoms with Gasteiger partial charge in [0.25, 0.3) is 0 Å². The molecule has 0 saturated carbocycles. The lowest BCUT2D eigenvalue weighted by molar-refractivity contribution is -0.143. The molecule has 0 aromatic heterocycles. The van der Waals surface area contributed by atoms with Gasteiger partial charge in [-0.1, -0.05) is 6.42 Å². The second kappa shape index (κ2) is 5.36. The highest BCUT2D eigenvalue weighted by Crippen LogP contribution is 2.28. The van der Waals surface area contributed by atoms with Crippen molar-refractivity contribution < 1.29 is 9.90 Å². The lowest BCUT2D eigenvalue weighted by Gasteiger charge is -2.46. The number of aliphatic carboxylic acids is 1. The fourth-order valence-electron chi connectivity index (χ4n) is 3.50. The Balaban J connectivity index is 2.02. The molecule has 2 rings (SSSR count). The van der Waals surface area contributed by atoms with Gasteiger partial charge in [0.05, 0.1) is 5.92 Å². The van der Waals surface area contributed by atoms with E-state index >= 15 is 0 Å². The monoisotopic (exact) mass is 240 g/mol. The van der Waals surface area contributed by atoms with Gasteiger partial charge < -0.3 is 10.4 Å². The van der Waals surface area contributed by atoms with Gasteiger partial charge in [0, 0.05) is 31.2 Å². The minimum absolute atomic E-state index is 0.213. The minimum atomic E-state index is -0.653. The number of nitrogens with zero attached hydrogens (tertiary/aromatic N) is 1. The summed E-state index contributed by atoms with van der Waals surface area (Å²) in [5, 5.41) is 12.4. The minimum Gasteiger partial charge on any atom is -0.481 e. The number of hydrogen-bond donors (Lipinski definition) is 2. The second-order valence-electron chi connectivity index (χ2n) is 5.66. The quantitative estimate of drug-likeness (QED) is 0.764. The van der Waals surface area contributed by atoms with E-state index in [-0.39, 0.29) is 5.92 Å². The summed E-state index contributed by atoms with van der Waals surface area (Å²) in [6.45, 7) is 6.13. The van der Waals surface area contributed by atoms with Crippen LogP contribution in [0.5, 0.6) is 0 Å². The Kier molecular flexibility index (Phi) is 4.05. The first kappa shape index (κ1) is 12.8. The summed E-state index contributed by atoms with van der Waals surface area (Å²) in [7, 11) is 0. The molecule has 4 heteroatoms. The van der Waals surface area contributed by atoms with E-state index in [1.54, 1.807) is 0 Å². The standard InChI is InChI=1S/C13H24N2O2/c1-9-4-3-5-10(2)15(9)12-6-11(13(16)17)7-14-8-12/h9-12,14H,3-8H2,1-2H3,(H,16,17)/t9-,10+,11-,12-/m0/s1. The molecular weight excluding hydrogens is 216 g/mol. The number of nitrogens with one attached hydrogen (secondary N) is 1. The molecule has 2 saturated heterocycles. The Hall–Kier alpha value is -0.610. The Morgan fingerprint density at radius 3 is 2.47 bits per heavy atom. The third-order valence-electron chi connectivity index (χ3n) is 4.36. The van der Waals surface area contributed by atoms with E-state index < -0.39 is 5.97 Å². The van der Waals surface area contributed by atoms with E-state index in [9.17, 15) is 4.79 Å². The molecule has 0 aliphatic carbocycles. The average Bonchev–Trinajstić information content (AvgIpc) is 2.29. The molecule has 0 amide bonds. The molecule has 2 aliphatic rings. The van der Waals surface area contributed by atoms with Crippen LogP contribution in [0.15, 0.2) is 0 Å². The summed E-state index contributed by atoms with van der Waals surface area (Å²) < 4.78 is 0. The zero-order valence-corrected chi connectivity index (χ0v) is 10.9. The smallest absolute Gasteiger partial charge is 0.307 e. The number of likely N-dealkylation sites (tertiary alicyclic amines) is 1. The van der Waals surface area contributed by atoms with Crippen molar-refractivity contribution in [1.82, 2.24) is 10.2 Å². The van der Waals surface area contributed by atoms with Crippen molar-refractivity contribution in [2.75, 3.05) is 13.1 Å². The van der Waals surface area contributed by atoms with Crippen molar-refractivity contribution in [3.05, 3.63) is 0 Å².